The molecule has 158 valence electrons. The number of likely N-dealkylation sites (N-methyl/N-ethyl adjacent to an activating group) is 1. The molecule has 7 nitrogen and oxygen atoms in total. The molecule has 2 aromatic heterocycles. The Morgan fingerprint density at radius 2 is 1.97 bits per heavy atom. The van der Waals surface area contributed by atoms with Crippen molar-refractivity contribution in [2.45, 2.75) is 13.5 Å². The predicted octanol–water partition coefficient (Wildman–Crippen LogP) is 3.54. The number of nitrogens with zero attached hydrogens (tertiary/aromatic N) is 3. The highest BCUT2D eigenvalue weighted by Gasteiger charge is 2.31. The first-order chi connectivity index (χ1) is 15.0. The van der Waals surface area contributed by atoms with Gasteiger partial charge in [0.15, 0.2) is 0 Å². The Balaban J connectivity index is 1.75. The number of fused-ring (bicyclic) bond motifs is 1. The van der Waals surface area contributed by atoms with E-state index in [1.165, 1.54) is 21.1 Å². The summed E-state index contributed by atoms with van der Waals surface area (Å²) in [5.74, 6) is 0.981. The zero-order valence-electron chi connectivity index (χ0n) is 17.0. The number of rotatable bonds is 6. The number of nitrogens with one attached hydrogen (secondary N) is 1. The third-order valence-corrected chi connectivity index (χ3v) is 6.23. The van der Waals surface area contributed by atoms with Crippen LogP contribution in [0, 0.1) is 0 Å². The molecule has 3 heterocycles. The number of carbonyl (C=O) groups is 1. The fraction of sp³-hybridized carbons (Fsp3) is 0.182. The quantitative estimate of drug-likeness (QED) is 0.453. The summed E-state index contributed by atoms with van der Waals surface area (Å²) in [4.78, 5) is 32.4. The Morgan fingerprint density at radius 3 is 2.65 bits per heavy atom. The monoisotopic (exact) mass is 452 g/mol. The summed E-state index contributed by atoms with van der Waals surface area (Å²) in [6.45, 7) is 2.80. The molecule has 1 aromatic carbocycles. The number of amides is 1. The van der Waals surface area contributed by atoms with E-state index in [4.69, 9.17) is 17.0 Å². The number of hydrogen-bond acceptors (Lipinski definition) is 7. The Bertz CT molecular complexity index is 1250. The standard InChI is InChI=1S/C22H20N4O3S2/c1-3-25-21(28)17(31-22(25)30)12-16-19(23-13-14-7-9-15(29-2)10-8-14)24-18-6-4-5-11-26(18)20(16)27/h4-12,23H,3,13H2,1-2H3. The number of aromatic nitrogens is 2. The molecule has 4 rings (SSSR count). The number of carbonyl (C=O) groups excluding carboxylic acids is 1. The number of thioether (sulfide) groups is 1. The van der Waals surface area contributed by atoms with Crippen molar-refractivity contribution in [2.75, 3.05) is 19.0 Å². The zero-order valence-corrected chi connectivity index (χ0v) is 18.6. The maximum absolute atomic E-state index is 13.2. The van der Waals surface area contributed by atoms with Crippen molar-refractivity contribution in [2.24, 2.45) is 0 Å². The van der Waals surface area contributed by atoms with Crippen LogP contribution in [0.15, 0.2) is 58.4 Å². The van der Waals surface area contributed by atoms with Crippen LogP contribution < -0.4 is 15.6 Å². The van der Waals surface area contributed by atoms with Gasteiger partial charge in [0.05, 0.1) is 17.6 Å². The second-order valence-corrected chi connectivity index (χ2v) is 8.41. The van der Waals surface area contributed by atoms with Gasteiger partial charge in [-0.05, 0) is 42.8 Å². The highest BCUT2D eigenvalue weighted by molar-refractivity contribution is 8.26. The van der Waals surface area contributed by atoms with Crippen LogP contribution in [0.1, 0.15) is 18.1 Å². The molecule has 1 amide bonds. The molecule has 9 heteroatoms. The third-order valence-electron chi connectivity index (χ3n) is 4.85. The molecule has 0 aliphatic carbocycles. The number of ether oxygens (including phenoxy) is 1. The summed E-state index contributed by atoms with van der Waals surface area (Å²) >= 11 is 6.48. The minimum Gasteiger partial charge on any atom is -0.497 e. The van der Waals surface area contributed by atoms with Gasteiger partial charge in [-0.15, -0.1) is 0 Å². The lowest BCUT2D eigenvalue weighted by Crippen LogP contribution is -2.27. The van der Waals surface area contributed by atoms with E-state index in [0.717, 1.165) is 11.3 Å². The van der Waals surface area contributed by atoms with Crippen molar-refractivity contribution in [1.82, 2.24) is 14.3 Å². The van der Waals surface area contributed by atoms with Gasteiger partial charge in [0.1, 0.15) is 21.5 Å². The molecule has 0 bridgehead atoms. The van der Waals surface area contributed by atoms with Crippen LogP contribution in [-0.2, 0) is 11.3 Å². The minimum absolute atomic E-state index is 0.198. The van der Waals surface area contributed by atoms with Crippen molar-refractivity contribution in [3.63, 3.8) is 0 Å². The van der Waals surface area contributed by atoms with Gasteiger partial charge in [-0.3, -0.25) is 18.9 Å². The van der Waals surface area contributed by atoms with Gasteiger partial charge >= 0.3 is 0 Å². The topological polar surface area (TPSA) is 75.9 Å². The number of benzene rings is 1. The van der Waals surface area contributed by atoms with Crippen LogP contribution in [0.5, 0.6) is 5.75 Å². The van der Waals surface area contributed by atoms with Gasteiger partial charge in [0.25, 0.3) is 11.5 Å². The van der Waals surface area contributed by atoms with Crippen LogP contribution in [0.3, 0.4) is 0 Å². The summed E-state index contributed by atoms with van der Waals surface area (Å²) in [7, 11) is 1.62. The maximum atomic E-state index is 13.2. The lowest BCUT2D eigenvalue weighted by molar-refractivity contribution is -0.121. The second-order valence-electron chi connectivity index (χ2n) is 6.74. The minimum atomic E-state index is -0.260. The lowest BCUT2D eigenvalue weighted by Gasteiger charge is -2.12. The molecule has 3 aromatic rings. The second kappa shape index (κ2) is 8.91. The molecule has 1 aliphatic rings. The molecule has 1 N–H and O–H groups in total. The van der Waals surface area contributed by atoms with Gasteiger partial charge in [0, 0.05) is 19.3 Å². The maximum Gasteiger partial charge on any atom is 0.267 e. The molecule has 1 saturated heterocycles. The van der Waals surface area contributed by atoms with Gasteiger partial charge in [-0.2, -0.15) is 0 Å². The van der Waals surface area contributed by atoms with Gasteiger partial charge in [-0.1, -0.05) is 42.2 Å². The van der Waals surface area contributed by atoms with E-state index >= 15 is 0 Å². The number of methoxy groups -OCH3 is 1. The molecule has 0 unspecified atom stereocenters. The van der Waals surface area contributed by atoms with E-state index in [1.54, 1.807) is 31.5 Å². The highest BCUT2D eigenvalue weighted by Crippen LogP contribution is 2.32. The average Bonchev–Trinajstić information content (AvgIpc) is 3.06. The summed E-state index contributed by atoms with van der Waals surface area (Å²) < 4.78 is 7.14. The van der Waals surface area contributed by atoms with Crippen LogP contribution >= 0.6 is 24.0 Å². The van der Waals surface area contributed by atoms with Gasteiger partial charge in [-0.25, -0.2) is 4.98 Å². The number of hydrogen-bond donors (Lipinski definition) is 1. The normalized spacial score (nSPS) is 15.2. The molecule has 0 saturated carbocycles. The smallest absolute Gasteiger partial charge is 0.267 e. The lowest BCUT2D eigenvalue weighted by atomic mass is 10.2. The van der Waals surface area contributed by atoms with Crippen LogP contribution in [-0.4, -0.2) is 38.2 Å². The number of pyridine rings is 1. The van der Waals surface area contributed by atoms with Crippen molar-refractivity contribution < 1.29 is 9.53 Å². The van der Waals surface area contributed by atoms with Gasteiger partial charge in [0.2, 0.25) is 0 Å². The first-order valence-corrected chi connectivity index (χ1v) is 10.9. The van der Waals surface area contributed by atoms with Gasteiger partial charge < -0.3 is 10.1 Å². The Morgan fingerprint density at radius 1 is 1.19 bits per heavy atom. The molecular weight excluding hydrogens is 432 g/mol. The largest absolute Gasteiger partial charge is 0.497 e. The van der Waals surface area contributed by atoms with Crippen molar-refractivity contribution in [1.29, 1.82) is 0 Å². The van der Waals surface area contributed by atoms with E-state index in [0.29, 0.717) is 39.3 Å². The summed E-state index contributed by atoms with van der Waals surface area (Å²) in [6.07, 6.45) is 3.24. The molecule has 1 aliphatic heterocycles. The highest BCUT2D eigenvalue weighted by atomic mass is 32.2. The number of anilines is 1. The first kappa shape index (κ1) is 21.1. The first-order valence-electron chi connectivity index (χ1n) is 9.65. The van der Waals surface area contributed by atoms with Crippen molar-refractivity contribution in [3.05, 3.63) is 75.0 Å². The predicted molar refractivity (Wildman–Crippen MR) is 127 cm³/mol. The summed E-state index contributed by atoms with van der Waals surface area (Å²) in [5.41, 5.74) is 1.57. The Hall–Kier alpha value is -3.17. The van der Waals surface area contributed by atoms with E-state index in [-0.39, 0.29) is 11.5 Å². The molecule has 0 spiro atoms. The fourth-order valence-electron chi connectivity index (χ4n) is 3.20. The Labute approximate surface area is 188 Å². The van der Waals surface area contributed by atoms with Crippen LogP contribution in [0.2, 0.25) is 0 Å². The summed E-state index contributed by atoms with van der Waals surface area (Å²) in [6, 6.07) is 13.0. The molecule has 31 heavy (non-hydrogen) atoms. The fourth-order valence-corrected chi connectivity index (χ4v) is 4.57. The average molecular weight is 453 g/mol. The molecule has 1 fully saturated rings. The van der Waals surface area contributed by atoms with E-state index in [9.17, 15) is 9.59 Å². The SMILES string of the molecule is CCN1C(=O)C(=Cc2c(NCc3ccc(OC)cc3)nc3ccccn3c2=O)SC1=S. The Kier molecular flexibility index (Phi) is 6.06. The zero-order chi connectivity index (χ0) is 22.0. The molecular formula is C22H20N4O3S2. The van der Waals surface area contributed by atoms with Crippen LogP contribution in [0.4, 0.5) is 5.82 Å². The van der Waals surface area contributed by atoms with E-state index in [2.05, 4.69) is 10.3 Å². The summed E-state index contributed by atoms with van der Waals surface area (Å²) in [5, 5.41) is 3.25. The van der Waals surface area contributed by atoms with Crippen LogP contribution in [0.25, 0.3) is 11.7 Å². The van der Waals surface area contributed by atoms with E-state index < -0.39 is 0 Å². The van der Waals surface area contributed by atoms with Crippen molar-refractivity contribution >= 4 is 51.7 Å². The third kappa shape index (κ3) is 4.19. The molecule has 0 radical (unpaired) electrons. The van der Waals surface area contributed by atoms with Crippen molar-refractivity contribution in [3.8, 4) is 5.75 Å². The van der Waals surface area contributed by atoms with E-state index in [1.807, 2.05) is 37.3 Å². The molecule has 0 atom stereocenters. The number of thiocarbonyl (C=S) groups is 1.